The summed E-state index contributed by atoms with van der Waals surface area (Å²) >= 11 is 0. The second kappa shape index (κ2) is 7.11. The number of nitrogens with one attached hydrogen (secondary N) is 2. The van der Waals surface area contributed by atoms with Crippen LogP contribution >= 0.6 is 0 Å². The summed E-state index contributed by atoms with van der Waals surface area (Å²) in [6.45, 7) is 1.97. The van der Waals surface area contributed by atoms with E-state index in [2.05, 4.69) is 10.6 Å². The van der Waals surface area contributed by atoms with Crippen molar-refractivity contribution in [2.45, 2.75) is 63.6 Å². The molecule has 0 aromatic heterocycles. The van der Waals surface area contributed by atoms with Crippen LogP contribution in [-0.2, 0) is 9.53 Å². The molecule has 21 heavy (non-hydrogen) atoms. The Bertz CT molecular complexity index is 376. The molecule has 2 aliphatic carbocycles. The number of amides is 2. The lowest BCUT2D eigenvalue weighted by molar-refractivity contribution is -0.142. The van der Waals surface area contributed by atoms with Gasteiger partial charge in [-0.25, -0.2) is 4.79 Å². The normalized spacial score (nSPS) is 28.5. The van der Waals surface area contributed by atoms with E-state index in [1.807, 2.05) is 6.92 Å². The van der Waals surface area contributed by atoms with Gasteiger partial charge in [-0.15, -0.1) is 0 Å². The molecule has 2 rings (SSSR count). The van der Waals surface area contributed by atoms with Crippen LogP contribution in [0, 0.1) is 11.8 Å². The second-order valence-electron chi connectivity index (χ2n) is 6.33. The van der Waals surface area contributed by atoms with Gasteiger partial charge in [-0.2, -0.15) is 0 Å². The maximum Gasteiger partial charge on any atom is 0.315 e. The summed E-state index contributed by atoms with van der Waals surface area (Å²) in [4.78, 5) is 22.9. The highest BCUT2D eigenvalue weighted by molar-refractivity contribution is 5.74. The molecule has 2 aliphatic rings. The number of carboxylic acid groups (broad SMARTS) is 1. The molecule has 0 bridgehead atoms. The van der Waals surface area contributed by atoms with E-state index in [0.29, 0.717) is 18.8 Å². The number of carbonyl (C=O) groups excluding carboxylic acids is 1. The first kappa shape index (κ1) is 16.1. The summed E-state index contributed by atoms with van der Waals surface area (Å²) < 4.78 is 5.46. The van der Waals surface area contributed by atoms with Crippen LogP contribution in [-0.4, -0.2) is 42.4 Å². The summed E-state index contributed by atoms with van der Waals surface area (Å²) in [6.07, 6.45) is 5.16. The van der Waals surface area contributed by atoms with Gasteiger partial charge in [0.1, 0.15) is 0 Å². The third kappa shape index (κ3) is 4.59. The third-order valence-corrected chi connectivity index (χ3v) is 4.62. The fourth-order valence-electron chi connectivity index (χ4n) is 3.23. The molecule has 3 N–H and O–H groups in total. The van der Waals surface area contributed by atoms with Crippen molar-refractivity contribution in [3.05, 3.63) is 0 Å². The van der Waals surface area contributed by atoms with Gasteiger partial charge >= 0.3 is 12.0 Å². The number of methoxy groups -OCH3 is 1. The summed E-state index contributed by atoms with van der Waals surface area (Å²) in [5, 5.41) is 14.8. The molecule has 6 heteroatoms. The van der Waals surface area contributed by atoms with Gasteiger partial charge in [0.25, 0.3) is 0 Å². The third-order valence-electron chi connectivity index (χ3n) is 4.62. The van der Waals surface area contributed by atoms with Crippen LogP contribution in [0.4, 0.5) is 4.79 Å². The number of carbonyl (C=O) groups is 2. The van der Waals surface area contributed by atoms with Crippen molar-refractivity contribution in [2.24, 2.45) is 11.8 Å². The fraction of sp³-hybridized carbons (Fsp3) is 0.867. The monoisotopic (exact) mass is 298 g/mol. The Labute approximate surface area is 125 Å². The first-order chi connectivity index (χ1) is 10.0. The minimum atomic E-state index is -0.723. The molecule has 0 heterocycles. The van der Waals surface area contributed by atoms with E-state index in [-0.39, 0.29) is 30.1 Å². The van der Waals surface area contributed by atoms with Gasteiger partial charge in [-0.3, -0.25) is 4.79 Å². The molecule has 2 amide bonds. The standard InChI is InChI=1S/C15H26N2O4/c1-9(13(21-2)10-3-4-10)16-15(20)17-12-7-5-11(6-8-12)14(18)19/h9-13H,3-8H2,1-2H3,(H,18,19)(H2,16,17,20). The summed E-state index contributed by atoms with van der Waals surface area (Å²) in [6, 6.07) is -0.114. The van der Waals surface area contributed by atoms with Gasteiger partial charge in [-0.1, -0.05) is 0 Å². The van der Waals surface area contributed by atoms with E-state index < -0.39 is 5.97 Å². The lowest BCUT2D eigenvalue weighted by Gasteiger charge is -2.29. The number of hydrogen-bond donors (Lipinski definition) is 3. The molecule has 0 radical (unpaired) electrons. The molecule has 2 saturated carbocycles. The molecule has 0 spiro atoms. The van der Waals surface area contributed by atoms with Crippen LogP contribution in [0.5, 0.6) is 0 Å². The Morgan fingerprint density at radius 2 is 1.76 bits per heavy atom. The number of rotatable bonds is 6. The van der Waals surface area contributed by atoms with Crippen LogP contribution in [0.25, 0.3) is 0 Å². The van der Waals surface area contributed by atoms with Gasteiger partial charge in [0, 0.05) is 13.2 Å². The topological polar surface area (TPSA) is 87.7 Å². The average Bonchev–Trinajstić information content (AvgIpc) is 3.24. The second-order valence-corrected chi connectivity index (χ2v) is 6.33. The average molecular weight is 298 g/mol. The molecule has 2 atom stereocenters. The summed E-state index contributed by atoms with van der Waals surface area (Å²) in [5.41, 5.74) is 0. The Hall–Kier alpha value is -1.30. The van der Waals surface area contributed by atoms with Gasteiger partial charge in [0.05, 0.1) is 18.1 Å². The van der Waals surface area contributed by atoms with Crippen molar-refractivity contribution in [2.75, 3.05) is 7.11 Å². The largest absolute Gasteiger partial charge is 0.481 e. The highest BCUT2D eigenvalue weighted by Crippen LogP contribution is 2.35. The van der Waals surface area contributed by atoms with Gasteiger partial charge < -0.3 is 20.5 Å². The van der Waals surface area contributed by atoms with E-state index in [0.717, 1.165) is 12.8 Å². The van der Waals surface area contributed by atoms with Crippen molar-refractivity contribution in [3.8, 4) is 0 Å². The van der Waals surface area contributed by atoms with E-state index in [9.17, 15) is 9.59 Å². The lowest BCUT2D eigenvalue weighted by atomic mass is 9.86. The summed E-state index contributed by atoms with van der Waals surface area (Å²) in [7, 11) is 1.69. The van der Waals surface area contributed by atoms with Crippen molar-refractivity contribution in [1.82, 2.24) is 10.6 Å². The predicted octanol–water partition coefficient (Wildman–Crippen LogP) is 1.74. The molecule has 0 aromatic rings. The molecular formula is C15H26N2O4. The molecule has 0 aliphatic heterocycles. The first-order valence-electron chi connectivity index (χ1n) is 7.84. The maximum absolute atomic E-state index is 12.0. The van der Waals surface area contributed by atoms with Crippen molar-refractivity contribution >= 4 is 12.0 Å². The molecule has 0 aromatic carbocycles. The van der Waals surface area contributed by atoms with Crippen LogP contribution in [0.15, 0.2) is 0 Å². The Morgan fingerprint density at radius 1 is 1.14 bits per heavy atom. The van der Waals surface area contributed by atoms with Crippen molar-refractivity contribution < 1.29 is 19.4 Å². The van der Waals surface area contributed by atoms with E-state index in [1.165, 1.54) is 12.8 Å². The van der Waals surface area contributed by atoms with E-state index in [1.54, 1.807) is 7.11 Å². The number of ether oxygens (including phenoxy) is 1. The van der Waals surface area contributed by atoms with Crippen molar-refractivity contribution in [1.29, 1.82) is 0 Å². The smallest absolute Gasteiger partial charge is 0.315 e. The molecule has 0 saturated heterocycles. The minimum absolute atomic E-state index is 0.0159. The van der Waals surface area contributed by atoms with E-state index in [4.69, 9.17) is 9.84 Å². The predicted molar refractivity (Wildman–Crippen MR) is 78.0 cm³/mol. The zero-order valence-electron chi connectivity index (χ0n) is 12.8. The zero-order valence-corrected chi connectivity index (χ0v) is 12.8. The quantitative estimate of drug-likeness (QED) is 0.697. The Balaban J connectivity index is 1.71. The molecule has 6 nitrogen and oxygen atoms in total. The highest BCUT2D eigenvalue weighted by atomic mass is 16.5. The first-order valence-corrected chi connectivity index (χ1v) is 7.84. The Kier molecular flexibility index (Phi) is 5.45. The number of hydrogen-bond acceptors (Lipinski definition) is 3. The molecule has 2 fully saturated rings. The van der Waals surface area contributed by atoms with Gasteiger partial charge in [-0.05, 0) is 51.4 Å². The van der Waals surface area contributed by atoms with Crippen LogP contribution in [0.1, 0.15) is 45.4 Å². The molecule has 120 valence electrons. The summed E-state index contributed by atoms with van der Waals surface area (Å²) in [5.74, 6) is -0.409. The number of aliphatic carboxylic acids is 1. The highest BCUT2D eigenvalue weighted by Gasteiger charge is 2.35. The van der Waals surface area contributed by atoms with Crippen LogP contribution in [0.2, 0.25) is 0 Å². The van der Waals surface area contributed by atoms with Crippen LogP contribution < -0.4 is 10.6 Å². The van der Waals surface area contributed by atoms with Crippen LogP contribution in [0.3, 0.4) is 0 Å². The number of urea groups is 1. The fourth-order valence-corrected chi connectivity index (χ4v) is 3.23. The van der Waals surface area contributed by atoms with Gasteiger partial charge in [0.15, 0.2) is 0 Å². The lowest BCUT2D eigenvalue weighted by Crippen LogP contribution is -2.50. The maximum atomic E-state index is 12.0. The Morgan fingerprint density at radius 3 is 2.24 bits per heavy atom. The van der Waals surface area contributed by atoms with Crippen molar-refractivity contribution in [3.63, 3.8) is 0 Å². The molecular weight excluding hydrogens is 272 g/mol. The van der Waals surface area contributed by atoms with Gasteiger partial charge in [0.2, 0.25) is 0 Å². The molecule has 2 unspecified atom stereocenters. The minimum Gasteiger partial charge on any atom is -0.481 e. The SMILES string of the molecule is COC(C1CC1)C(C)NC(=O)NC1CCC(C(=O)O)CC1. The zero-order chi connectivity index (χ0) is 15.4. The van der Waals surface area contributed by atoms with E-state index >= 15 is 0 Å². The number of carboxylic acids is 1.